The van der Waals surface area contributed by atoms with E-state index >= 15 is 0 Å². The van der Waals surface area contributed by atoms with Gasteiger partial charge in [-0.1, -0.05) is 47.7 Å². The van der Waals surface area contributed by atoms with Crippen LogP contribution in [0, 0.1) is 6.92 Å². The van der Waals surface area contributed by atoms with E-state index < -0.39 is 0 Å². The Hall–Kier alpha value is -4.24. The second-order valence-corrected chi connectivity index (χ2v) is 9.36. The summed E-state index contributed by atoms with van der Waals surface area (Å²) in [5.74, 6) is 0.704. The molecular weight excluding hydrogens is 472 g/mol. The molecule has 5 aromatic rings. The van der Waals surface area contributed by atoms with Crippen LogP contribution in [0.1, 0.15) is 31.1 Å². The number of aromatic nitrogens is 4. The van der Waals surface area contributed by atoms with Crippen molar-refractivity contribution in [3.8, 4) is 21.3 Å². The molecule has 2 aromatic carbocycles. The van der Waals surface area contributed by atoms with Gasteiger partial charge in [-0.05, 0) is 49.9 Å². The van der Waals surface area contributed by atoms with Crippen LogP contribution in [0.5, 0.6) is 5.19 Å². The van der Waals surface area contributed by atoms with E-state index in [-0.39, 0.29) is 17.5 Å². The predicted molar refractivity (Wildman–Crippen MR) is 145 cm³/mol. The zero-order valence-electron chi connectivity index (χ0n) is 20.2. The highest BCUT2D eigenvalue weighted by molar-refractivity contribution is 7.16. The van der Waals surface area contributed by atoms with E-state index in [9.17, 15) is 4.79 Å². The minimum atomic E-state index is -0.296. The molecule has 0 radical (unpaired) electrons. The van der Waals surface area contributed by atoms with Crippen molar-refractivity contribution in [1.29, 1.82) is 0 Å². The molecule has 0 amide bonds. The van der Waals surface area contributed by atoms with Gasteiger partial charge in [0.2, 0.25) is 5.95 Å². The molecule has 3 heterocycles. The summed E-state index contributed by atoms with van der Waals surface area (Å²) in [6.45, 7) is 6.41. The number of pyridine rings is 1. The minimum absolute atomic E-state index is 0.0633. The van der Waals surface area contributed by atoms with Crippen LogP contribution in [0.2, 0.25) is 0 Å². The number of nitrogens with two attached hydrogens (primary N) is 1. The number of para-hydroxylation sites is 1. The molecule has 9 heteroatoms. The molecule has 8 nitrogen and oxygen atoms in total. The number of nitrogen functional groups attached to an aromatic ring is 1. The standard InChI is InChI=1S/C27H26N6O2S/c1-4-35-27-30-15-22(36-27)20-14-29-26(28)32-24(20)31-17(3)21-13-18-10-8-9-16(2)23(18)25(34)33(21)19-11-6-5-7-12-19/h5-15,17H,4H2,1-3H3,(H3,28,29,31,32)/t17-/m0/s1. The number of aryl methyl sites for hydroxylation is 1. The highest BCUT2D eigenvalue weighted by Gasteiger charge is 2.20. The topological polar surface area (TPSA) is 108 Å². The van der Waals surface area contributed by atoms with Crippen molar-refractivity contribution in [2.45, 2.75) is 26.8 Å². The van der Waals surface area contributed by atoms with Crippen LogP contribution in [0.3, 0.4) is 0 Å². The molecule has 0 fully saturated rings. The summed E-state index contributed by atoms with van der Waals surface area (Å²) in [4.78, 5) is 27.6. The van der Waals surface area contributed by atoms with Crippen LogP contribution in [-0.2, 0) is 0 Å². The molecule has 0 aliphatic carbocycles. The van der Waals surface area contributed by atoms with Crippen LogP contribution in [-0.4, -0.2) is 26.1 Å². The number of ether oxygens (including phenoxy) is 1. The Bertz CT molecular complexity index is 1600. The van der Waals surface area contributed by atoms with E-state index in [4.69, 9.17) is 10.5 Å². The Morgan fingerprint density at radius 1 is 1.11 bits per heavy atom. The van der Waals surface area contributed by atoms with Crippen molar-refractivity contribution in [2.75, 3.05) is 17.7 Å². The number of nitrogens with zero attached hydrogens (tertiary/aromatic N) is 4. The molecule has 182 valence electrons. The van der Waals surface area contributed by atoms with Gasteiger partial charge >= 0.3 is 0 Å². The number of hydrogen-bond donors (Lipinski definition) is 2. The maximum Gasteiger partial charge on any atom is 0.273 e. The molecule has 0 aliphatic heterocycles. The van der Waals surface area contributed by atoms with E-state index in [1.807, 2.05) is 69.3 Å². The van der Waals surface area contributed by atoms with Gasteiger partial charge in [0.1, 0.15) is 5.82 Å². The monoisotopic (exact) mass is 498 g/mol. The van der Waals surface area contributed by atoms with Crippen LogP contribution in [0.25, 0.3) is 26.9 Å². The summed E-state index contributed by atoms with van der Waals surface area (Å²) >= 11 is 1.41. The Kier molecular flexibility index (Phi) is 6.39. The fourth-order valence-electron chi connectivity index (χ4n) is 4.26. The summed E-state index contributed by atoms with van der Waals surface area (Å²) in [5.41, 5.74) is 9.18. The van der Waals surface area contributed by atoms with Crippen LogP contribution >= 0.6 is 11.3 Å². The van der Waals surface area contributed by atoms with Gasteiger partial charge in [0.15, 0.2) is 0 Å². The van der Waals surface area contributed by atoms with Gasteiger partial charge in [-0.3, -0.25) is 9.36 Å². The second-order valence-electron chi connectivity index (χ2n) is 8.36. The highest BCUT2D eigenvalue weighted by Crippen LogP contribution is 2.35. The third-order valence-electron chi connectivity index (χ3n) is 5.92. The average molecular weight is 499 g/mol. The van der Waals surface area contributed by atoms with Gasteiger partial charge in [0, 0.05) is 23.8 Å². The first kappa shape index (κ1) is 23.5. The first-order chi connectivity index (χ1) is 17.5. The fraction of sp³-hybridized carbons (Fsp3) is 0.185. The number of fused-ring (bicyclic) bond motifs is 1. The molecule has 0 saturated heterocycles. The van der Waals surface area contributed by atoms with Crippen LogP contribution in [0.4, 0.5) is 11.8 Å². The summed E-state index contributed by atoms with van der Waals surface area (Å²) < 4.78 is 7.29. The lowest BCUT2D eigenvalue weighted by molar-refractivity contribution is 0.338. The van der Waals surface area contributed by atoms with Crippen LogP contribution < -0.4 is 21.3 Å². The van der Waals surface area contributed by atoms with E-state index in [1.165, 1.54) is 11.3 Å². The third-order valence-corrected chi connectivity index (χ3v) is 6.86. The van der Waals surface area contributed by atoms with Gasteiger partial charge in [0.25, 0.3) is 10.8 Å². The maximum absolute atomic E-state index is 13.8. The van der Waals surface area contributed by atoms with E-state index in [0.717, 1.165) is 32.8 Å². The van der Waals surface area contributed by atoms with Gasteiger partial charge in [-0.25, -0.2) is 9.97 Å². The maximum atomic E-state index is 13.8. The number of rotatable bonds is 7. The van der Waals surface area contributed by atoms with Crippen LogP contribution in [0.15, 0.2) is 71.8 Å². The SMILES string of the molecule is CCOc1ncc(-c2cnc(N)nc2N[C@@H](C)c2cc3cccc(C)c3c(=O)n2-c2ccccc2)s1. The molecule has 0 aliphatic rings. The zero-order chi connectivity index (χ0) is 25.2. The fourth-order valence-corrected chi connectivity index (χ4v) is 5.09. The van der Waals surface area contributed by atoms with Crippen molar-refractivity contribution >= 4 is 33.9 Å². The number of anilines is 2. The molecule has 0 unspecified atom stereocenters. The average Bonchev–Trinajstić information content (AvgIpc) is 3.33. The van der Waals surface area contributed by atoms with Crippen molar-refractivity contribution in [3.63, 3.8) is 0 Å². The lowest BCUT2D eigenvalue weighted by Crippen LogP contribution is -2.26. The van der Waals surface area contributed by atoms with Crippen molar-refractivity contribution in [3.05, 3.63) is 88.6 Å². The van der Waals surface area contributed by atoms with Gasteiger partial charge in [-0.15, -0.1) is 0 Å². The largest absolute Gasteiger partial charge is 0.470 e. The molecular formula is C27H26N6O2S. The predicted octanol–water partition coefficient (Wildman–Crippen LogP) is 5.37. The molecule has 36 heavy (non-hydrogen) atoms. The third kappa shape index (κ3) is 4.40. The van der Waals surface area contributed by atoms with Gasteiger partial charge in [-0.2, -0.15) is 4.98 Å². The van der Waals surface area contributed by atoms with E-state index in [0.29, 0.717) is 23.0 Å². The van der Waals surface area contributed by atoms with Crippen molar-refractivity contribution in [2.24, 2.45) is 0 Å². The van der Waals surface area contributed by atoms with E-state index in [2.05, 4.69) is 26.3 Å². The number of thiazole rings is 1. The van der Waals surface area contributed by atoms with E-state index in [1.54, 1.807) is 17.0 Å². The Morgan fingerprint density at radius 3 is 2.69 bits per heavy atom. The number of nitrogens with one attached hydrogen (secondary N) is 1. The normalized spacial score (nSPS) is 12.0. The summed E-state index contributed by atoms with van der Waals surface area (Å²) in [6, 6.07) is 17.3. The minimum Gasteiger partial charge on any atom is -0.470 e. The quantitative estimate of drug-likeness (QED) is 0.311. The first-order valence-electron chi connectivity index (χ1n) is 11.6. The molecule has 3 N–H and O–H groups in total. The second kappa shape index (κ2) is 9.79. The molecule has 5 rings (SSSR count). The Morgan fingerprint density at radius 2 is 1.92 bits per heavy atom. The molecule has 0 saturated carbocycles. The lowest BCUT2D eigenvalue weighted by Gasteiger charge is -2.22. The summed E-state index contributed by atoms with van der Waals surface area (Å²) in [6.07, 6.45) is 3.41. The Labute approximate surface area is 212 Å². The lowest BCUT2D eigenvalue weighted by atomic mass is 10.0. The molecule has 3 aromatic heterocycles. The molecule has 1 atom stereocenters. The molecule has 0 bridgehead atoms. The zero-order valence-corrected chi connectivity index (χ0v) is 21.0. The molecule has 0 spiro atoms. The summed E-state index contributed by atoms with van der Waals surface area (Å²) in [7, 11) is 0. The van der Waals surface area contributed by atoms with Gasteiger partial charge in [0.05, 0.1) is 28.5 Å². The Balaban J connectivity index is 1.63. The van der Waals surface area contributed by atoms with Crippen molar-refractivity contribution < 1.29 is 4.74 Å². The summed E-state index contributed by atoms with van der Waals surface area (Å²) in [5, 5.41) is 5.64. The number of benzene rings is 2. The highest BCUT2D eigenvalue weighted by atomic mass is 32.1. The van der Waals surface area contributed by atoms with Gasteiger partial charge < -0.3 is 15.8 Å². The van der Waals surface area contributed by atoms with Crippen molar-refractivity contribution in [1.82, 2.24) is 19.5 Å². The number of hydrogen-bond acceptors (Lipinski definition) is 8. The first-order valence-corrected chi connectivity index (χ1v) is 12.5. The smallest absolute Gasteiger partial charge is 0.273 e.